The molecular formula is C15H19ClN2. The van der Waals surface area contributed by atoms with Crippen LogP contribution in [0.1, 0.15) is 26.3 Å². The van der Waals surface area contributed by atoms with Gasteiger partial charge in [0.2, 0.25) is 0 Å². The van der Waals surface area contributed by atoms with Gasteiger partial charge >= 0.3 is 0 Å². The highest BCUT2D eigenvalue weighted by Gasteiger charge is 2.23. The van der Waals surface area contributed by atoms with Crippen LogP contribution in [0.3, 0.4) is 0 Å². The highest BCUT2D eigenvalue weighted by atomic mass is 35.5. The summed E-state index contributed by atoms with van der Waals surface area (Å²) >= 11 is 6.18. The number of rotatable bonds is 4. The van der Waals surface area contributed by atoms with Crippen molar-refractivity contribution >= 4 is 22.5 Å². The first-order valence-corrected chi connectivity index (χ1v) is 6.66. The van der Waals surface area contributed by atoms with Crippen LogP contribution in [0.5, 0.6) is 0 Å². The van der Waals surface area contributed by atoms with Crippen LogP contribution >= 0.6 is 11.6 Å². The molecule has 1 aromatic carbocycles. The average Bonchev–Trinajstić information content (AvgIpc) is 2.36. The van der Waals surface area contributed by atoms with Gasteiger partial charge in [0, 0.05) is 29.0 Å². The molecule has 3 heteroatoms. The Labute approximate surface area is 113 Å². The molecule has 18 heavy (non-hydrogen) atoms. The molecule has 0 fully saturated rings. The van der Waals surface area contributed by atoms with Crippen molar-refractivity contribution in [2.45, 2.75) is 38.2 Å². The summed E-state index contributed by atoms with van der Waals surface area (Å²) in [6, 6.07) is 10.3. The molecule has 0 saturated carbocycles. The van der Waals surface area contributed by atoms with E-state index in [0.717, 1.165) is 12.1 Å². The van der Waals surface area contributed by atoms with Gasteiger partial charge in [-0.1, -0.05) is 24.3 Å². The van der Waals surface area contributed by atoms with Crippen LogP contribution < -0.4 is 5.32 Å². The smallest absolute Gasteiger partial charge is 0.0746 e. The predicted octanol–water partition coefficient (Wildman–Crippen LogP) is 3.73. The summed E-state index contributed by atoms with van der Waals surface area (Å²) < 4.78 is 0. The molecule has 2 aromatic rings. The van der Waals surface area contributed by atoms with Crippen LogP contribution in [0, 0.1) is 0 Å². The second-order valence-electron chi connectivity index (χ2n) is 5.18. The average molecular weight is 263 g/mol. The number of nitrogens with zero attached hydrogens (tertiary/aromatic N) is 1. The number of alkyl halides is 1. The molecule has 0 aliphatic carbocycles. The topological polar surface area (TPSA) is 24.9 Å². The Kier molecular flexibility index (Phi) is 3.88. The van der Waals surface area contributed by atoms with Gasteiger partial charge in [-0.3, -0.25) is 4.98 Å². The maximum atomic E-state index is 6.18. The number of nitrogens with one attached hydrogen (secondary N) is 1. The second kappa shape index (κ2) is 5.25. The summed E-state index contributed by atoms with van der Waals surface area (Å²) in [4.78, 5) is 4.45. The lowest BCUT2D eigenvalue weighted by atomic mass is 10.0. The van der Waals surface area contributed by atoms with Crippen LogP contribution in [-0.2, 0) is 6.54 Å². The van der Waals surface area contributed by atoms with Crippen molar-refractivity contribution in [3.05, 3.63) is 42.1 Å². The fourth-order valence-electron chi connectivity index (χ4n) is 1.77. The van der Waals surface area contributed by atoms with E-state index in [1.807, 2.05) is 19.2 Å². The number of fused-ring (bicyclic) bond motifs is 1. The SMILES string of the molecule is CC(Cl)C(C)(C)NCc1cccc2cccnc12. The molecule has 0 aliphatic heterocycles. The molecule has 2 rings (SSSR count). The van der Waals surface area contributed by atoms with Crippen LogP contribution in [-0.4, -0.2) is 15.9 Å². The van der Waals surface area contributed by atoms with E-state index in [4.69, 9.17) is 11.6 Å². The van der Waals surface area contributed by atoms with Crippen LogP contribution in [0.15, 0.2) is 36.5 Å². The van der Waals surface area contributed by atoms with Gasteiger partial charge in [-0.05, 0) is 32.4 Å². The van der Waals surface area contributed by atoms with Crippen molar-refractivity contribution in [3.8, 4) is 0 Å². The quantitative estimate of drug-likeness (QED) is 0.850. The van der Waals surface area contributed by atoms with E-state index >= 15 is 0 Å². The molecule has 1 unspecified atom stereocenters. The van der Waals surface area contributed by atoms with Gasteiger partial charge < -0.3 is 5.32 Å². The third kappa shape index (κ3) is 2.82. The molecule has 0 amide bonds. The molecule has 0 spiro atoms. The molecule has 1 aromatic heterocycles. The van der Waals surface area contributed by atoms with E-state index in [-0.39, 0.29) is 10.9 Å². The Morgan fingerprint density at radius 1 is 1.28 bits per heavy atom. The standard InChI is InChI=1S/C15H19ClN2/c1-11(16)15(2,3)18-10-13-7-4-6-12-8-5-9-17-14(12)13/h4-9,11,18H,10H2,1-3H3. The third-order valence-corrected chi connectivity index (χ3v) is 3.99. The molecule has 96 valence electrons. The zero-order valence-corrected chi connectivity index (χ0v) is 11.8. The predicted molar refractivity (Wildman–Crippen MR) is 78.0 cm³/mol. The minimum absolute atomic E-state index is 0.0698. The number of hydrogen-bond donors (Lipinski definition) is 1. The number of para-hydroxylation sites is 1. The number of benzene rings is 1. The molecule has 1 N–H and O–H groups in total. The van der Waals surface area contributed by atoms with Gasteiger partial charge in [-0.15, -0.1) is 11.6 Å². The maximum Gasteiger partial charge on any atom is 0.0746 e. The number of hydrogen-bond acceptors (Lipinski definition) is 2. The lowest BCUT2D eigenvalue weighted by Crippen LogP contribution is -2.45. The van der Waals surface area contributed by atoms with Crippen molar-refractivity contribution in [2.24, 2.45) is 0 Å². The van der Waals surface area contributed by atoms with E-state index in [1.54, 1.807) is 0 Å². The van der Waals surface area contributed by atoms with Gasteiger partial charge in [0.15, 0.2) is 0 Å². The summed E-state index contributed by atoms with van der Waals surface area (Å²) in [5.74, 6) is 0. The summed E-state index contributed by atoms with van der Waals surface area (Å²) in [5.41, 5.74) is 2.17. The molecule has 1 heterocycles. The minimum Gasteiger partial charge on any atom is -0.306 e. The van der Waals surface area contributed by atoms with Crippen molar-refractivity contribution in [2.75, 3.05) is 0 Å². The first kappa shape index (κ1) is 13.3. The van der Waals surface area contributed by atoms with E-state index in [9.17, 15) is 0 Å². The highest BCUT2D eigenvalue weighted by Crippen LogP contribution is 2.19. The fourth-order valence-corrected chi connectivity index (χ4v) is 1.85. The fraction of sp³-hybridized carbons (Fsp3) is 0.400. The van der Waals surface area contributed by atoms with Gasteiger partial charge in [-0.25, -0.2) is 0 Å². The molecule has 0 bridgehead atoms. The van der Waals surface area contributed by atoms with E-state index in [0.29, 0.717) is 0 Å². The van der Waals surface area contributed by atoms with Crippen molar-refractivity contribution < 1.29 is 0 Å². The number of halogens is 1. The first-order valence-electron chi connectivity index (χ1n) is 6.22. The molecule has 1 atom stereocenters. The van der Waals surface area contributed by atoms with Crippen molar-refractivity contribution in [1.82, 2.24) is 10.3 Å². The van der Waals surface area contributed by atoms with E-state index in [2.05, 4.69) is 48.4 Å². The van der Waals surface area contributed by atoms with Crippen molar-refractivity contribution in [3.63, 3.8) is 0 Å². The third-order valence-electron chi connectivity index (χ3n) is 3.45. The van der Waals surface area contributed by atoms with Gasteiger partial charge in [-0.2, -0.15) is 0 Å². The van der Waals surface area contributed by atoms with Crippen molar-refractivity contribution in [1.29, 1.82) is 0 Å². The molecule has 0 radical (unpaired) electrons. The number of aromatic nitrogens is 1. The summed E-state index contributed by atoms with van der Waals surface area (Å²) in [7, 11) is 0. The molecular weight excluding hydrogens is 244 g/mol. The normalized spacial score (nSPS) is 13.8. The summed E-state index contributed by atoms with van der Waals surface area (Å²) in [6.45, 7) is 7.01. The summed E-state index contributed by atoms with van der Waals surface area (Å²) in [6.07, 6.45) is 1.83. The largest absolute Gasteiger partial charge is 0.306 e. The van der Waals surface area contributed by atoms with Gasteiger partial charge in [0.1, 0.15) is 0 Å². The number of pyridine rings is 1. The Balaban J connectivity index is 2.22. The Morgan fingerprint density at radius 3 is 2.72 bits per heavy atom. The van der Waals surface area contributed by atoms with Gasteiger partial charge in [0.25, 0.3) is 0 Å². The molecule has 2 nitrogen and oxygen atoms in total. The Morgan fingerprint density at radius 2 is 2.00 bits per heavy atom. The Hall–Kier alpha value is -1.12. The van der Waals surface area contributed by atoms with E-state index in [1.165, 1.54) is 10.9 Å². The summed E-state index contributed by atoms with van der Waals surface area (Å²) in [5, 5.41) is 4.74. The molecule has 0 aliphatic rings. The van der Waals surface area contributed by atoms with Crippen LogP contribution in [0.25, 0.3) is 10.9 Å². The molecule has 0 saturated heterocycles. The lowest BCUT2D eigenvalue weighted by molar-refractivity contribution is 0.381. The minimum atomic E-state index is -0.0987. The van der Waals surface area contributed by atoms with Crippen LogP contribution in [0.4, 0.5) is 0 Å². The maximum absolute atomic E-state index is 6.18. The zero-order valence-electron chi connectivity index (χ0n) is 11.1. The second-order valence-corrected chi connectivity index (χ2v) is 5.84. The Bertz CT molecular complexity index is 530. The van der Waals surface area contributed by atoms with Crippen LogP contribution in [0.2, 0.25) is 0 Å². The zero-order chi connectivity index (χ0) is 13.2. The lowest BCUT2D eigenvalue weighted by Gasteiger charge is -2.29. The van der Waals surface area contributed by atoms with E-state index < -0.39 is 0 Å². The van der Waals surface area contributed by atoms with Gasteiger partial charge in [0.05, 0.1) is 5.52 Å². The highest BCUT2D eigenvalue weighted by molar-refractivity contribution is 6.21. The monoisotopic (exact) mass is 262 g/mol. The first-order chi connectivity index (χ1) is 8.50.